The fourth-order valence-corrected chi connectivity index (χ4v) is 4.55. The molecule has 4 rings (SSSR count). The van der Waals surface area contributed by atoms with Gasteiger partial charge in [0.2, 0.25) is 11.9 Å². The Labute approximate surface area is 187 Å². The highest BCUT2D eigenvalue weighted by molar-refractivity contribution is 7.92. The summed E-state index contributed by atoms with van der Waals surface area (Å²) in [5, 5.41) is 2.87. The lowest BCUT2D eigenvalue weighted by Crippen LogP contribution is -2.17. The largest absolute Gasteiger partial charge is 0.497 e. The molecule has 32 heavy (non-hydrogen) atoms. The number of nitrogens with one attached hydrogen (secondary N) is 2. The number of methoxy groups -OCH3 is 1. The van der Waals surface area contributed by atoms with Crippen LogP contribution in [0.2, 0.25) is 0 Å². The topological polar surface area (TPSA) is 110 Å². The zero-order chi connectivity index (χ0) is 22.9. The maximum absolute atomic E-state index is 12.6. The van der Waals surface area contributed by atoms with Gasteiger partial charge in [0.05, 0.1) is 12.0 Å². The number of ether oxygens (including phenoxy) is 1. The number of anilines is 2. The minimum Gasteiger partial charge on any atom is -0.497 e. The number of sulfonamides is 1. The van der Waals surface area contributed by atoms with E-state index in [0.717, 1.165) is 17.7 Å². The van der Waals surface area contributed by atoms with E-state index in [0.29, 0.717) is 17.1 Å². The Balaban J connectivity index is 1.38. The van der Waals surface area contributed by atoms with Crippen molar-refractivity contribution in [3.63, 3.8) is 0 Å². The van der Waals surface area contributed by atoms with E-state index in [4.69, 9.17) is 4.74 Å². The standard InChI is InChI=1S/C23H24N4O4S/c1-14-12-15(2)25-23(24-14)27-32(29,30)19-10-6-17(7-11-19)26-22(28)21-13-20(21)16-4-8-18(31-3)9-5-16/h4-12,20-21H,13H2,1-3H3,(H,26,28)(H,24,25,27). The van der Waals surface area contributed by atoms with Crippen LogP contribution in [0.5, 0.6) is 5.75 Å². The van der Waals surface area contributed by atoms with Gasteiger partial charge >= 0.3 is 0 Å². The second-order valence-electron chi connectivity index (χ2n) is 7.82. The van der Waals surface area contributed by atoms with Crippen molar-refractivity contribution in [3.05, 3.63) is 71.5 Å². The van der Waals surface area contributed by atoms with Crippen LogP contribution in [0.4, 0.5) is 11.6 Å². The summed E-state index contributed by atoms with van der Waals surface area (Å²) in [7, 11) is -2.23. The van der Waals surface area contributed by atoms with E-state index in [1.807, 2.05) is 24.3 Å². The SMILES string of the molecule is COc1ccc(C2CC2C(=O)Nc2ccc(S(=O)(=O)Nc3nc(C)cc(C)n3)cc2)cc1. The van der Waals surface area contributed by atoms with Crippen LogP contribution in [0.3, 0.4) is 0 Å². The van der Waals surface area contributed by atoms with E-state index in [1.54, 1.807) is 39.2 Å². The average Bonchev–Trinajstić information content (AvgIpc) is 3.54. The Bertz CT molecular complexity index is 1220. The minimum atomic E-state index is -3.84. The van der Waals surface area contributed by atoms with Crippen LogP contribution in [-0.4, -0.2) is 31.4 Å². The van der Waals surface area contributed by atoms with Crippen LogP contribution in [-0.2, 0) is 14.8 Å². The van der Waals surface area contributed by atoms with E-state index < -0.39 is 10.0 Å². The van der Waals surface area contributed by atoms with E-state index in [9.17, 15) is 13.2 Å². The molecule has 1 saturated carbocycles. The molecule has 3 aromatic rings. The normalized spacial score (nSPS) is 17.5. The number of aromatic nitrogens is 2. The summed E-state index contributed by atoms with van der Waals surface area (Å²) in [4.78, 5) is 20.9. The molecule has 0 aliphatic heterocycles. The highest BCUT2D eigenvalue weighted by Crippen LogP contribution is 2.48. The second-order valence-corrected chi connectivity index (χ2v) is 9.50. The van der Waals surface area contributed by atoms with Gasteiger partial charge in [0.15, 0.2) is 0 Å². The van der Waals surface area contributed by atoms with Gasteiger partial charge in [-0.15, -0.1) is 0 Å². The van der Waals surface area contributed by atoms with Gasteiger partial charge in [-0.25, -0.2) is 23.1 Å². The molecule has 0 spiro atoms. The summed E-state index contributed by atoms with van der Waals surface area (Å²) >= 11 is 0. The van der Waals surface area contributed by atoms with Gasteiger partial charge in [0, 0.05) is 23.0 Å². The van der Waals surface area contributed by atoms with Crippen LogP contribution in [0.25, 0.3) is 0 Å². The molecule has 1 amide bonds. The summed E-state index contributed by atoms with van der Waals surface area (Å²) in [6, 6.07) is 15.5. The number of rotatable bonds is 7. The summed E-state index contributed by atoms with van der Waals surface area (Å²) in [5.74, 6) is 0.808. The van der Waals surface area contributed by atoms with Gasteiger partial charge in [-0.3, -0.25) is 4.79 Å². The van der Waals surface area contributed by atoms with Crippen molar-refractivity contribution >= 4 is 27.6 Å². The van der Waals surface area contributed by atoms with Gasteiger partial charge < -0.3 is 10.1 Å². The molecule has 1 aliphatic rings. The van der Waals surface area contributed by atoms with Gasteiger partial charge in [0.25, 0.3) is 10.0 Å². The van der Waals surface area contributed by atoms with E-state index in [-0.39, 0.29) is 28.6 Å². The second kappa shape index (κ2) is 8.58. The Morgan fingerprint density at radius 2 is 1.62 bits per heavy atom. The Hall–Kier alpha value is -3.46. The van der Waals surface area contributed by atoms with E-state index in [1.165, 1.54) is 12.1 Å². The molecule has 2 atom stereocenters. The maximum atomic E-state index is 12.6. The molecule has 1 aliphatic carbocycles. The molecule has 1 aromatic heterocycles. The molecular weight excluding hydrogens is 428 g/mol. The van der Waals surface area contributed by atoms with Crippen molar-refractivity contribution in [2.24, 2.45) is 5.92 Å². The predicted octanol–water partition coefficient (Wildman–Crippen LogP) is 3.65. The number of hydrogen-bond acceptors (Lipinski definition) is 6. The third-order valence-corrected chi connectivity index (χ3v) is 6.66. The lowest BCUT2D eigenvalue weighted by atomic mass is 10.1. The summed E-state index contributed by atoms with van der Waals surface area (Å²) in [6.07, 6.45) is 0.782. The molecule has 166 valence electrons. The quantitative estimate of drug-likeness (QED) is 0.566. The van der Waals surface area contributed by atoms with Crippen LogP contribution >= 0.6 is 0 Å². The number of carbonyl (C=O) groups excluding carboxylic acids is 1. The lowest BCUT2D eigenvalue weighted by Gasteiger charge is -2.09. The molecule has 9 heteroatoms. The van der Waals surface area contributed by atoms with E-state index >= 15 is 0 Å². The first-order valence-electron chi connectivity index (χ1n) is 10.1. The van der Waals surface area contributed by atoms with Crippen LogP contribution in [0.1, 0.15) is 29.3 Å². The molecule has 1 heterocycles. The first-order valence-corrected chi connectivity index (χ1v) is 11.6. The first-order chi connectivity index (χ1) is 15.2. The molecule has 0 bridgehead atoms. The number of hydrogen-bond donors (Lipinski definition) is 2. The Morgan fingerprint density at radius 3 is 2.22 bits per heavy atom. The Kier molecular flexibility index (Phi) is 5.84. The average molecular weight is 453 g/mol. The molecule has 2 N–H and O–H groups in total. The molecule has 2 unspecified atom stereocenters. The molecule has 1 fully saturated rings. The minimum absolute atomic E-state index is 0.0261. The highest BCUT2D eigenvalue weighted by Gasteiger charge is 2.43. The fraction of sp³-hybridized carbons (Fsp3) is 0.261. The van der Waals surface area contributed by atoms with Crippen LogP contribution in [0.15, 0.2) is 59.5 Å². The summed E-state index contributed by atoms with van der Waals surface area (Å²) in [6.45, 7) is 3.53. The molecule has 0 saturated heterocycles. The van der Waals surface area contributed by atoms with Crippen molar-refractivity contribution in [2.45, 2.75) is 31.1 Å². The van der Waals surface area contributed by atoms with Gasteiger partial charge in [-0.1, -0.05) is 12.1 Å². The van der Waals surface area contributed by atoms with Crippen molar-refractivity contribution in [1.29, 1.82) is 0 Å². The molecule has 0 radical (unpaired) electrons. The molecular formula is C23H24N4O4S. The maximum Gasteiger partial charge on any atom is 0.264 e. The lowest BCUT2D eigenvalue weighted by molar-refractivity contribution is -0.117. The number of amides is 1. The predicted molar refractivity (Wildman–Crippen MR) is 121 cm³/mol. The van der Waals surface area contributed by atoms with E-state index in [2.05, 4.69) is 20.0 Å². The van der Waals surface area contributed by atoms with Crippen molar-refractivity contribution in [1.82, 2.24) is 9.97 Å². The molecule has 2 aromatic carbocycles. The Morgan fingerprint density at radius 1 is 1.00 bits per heavy atom. The third-order valence-electron chi connectivity index (χ3n) is 5.31. The fourth-order valence-electron chi connectivity index (χ4n) is 3.61. The first kappa shape index (κ1) is 21.8. The number of aryl methyl sites for hydroxylation is 2. The van der Waals surface area contributed by atoms with Crippen molar-refractivity contribution in [2.75, 3.05) is 17.1 Å². The number of carbonyl (C=O) groups is 1. The monoisotopic (exact) mass is 452 g/mol. The van der Waals surface area contributed by atoms with Gasteiger partial charge in [-0.05, 0) is 74.2 Å². The zero-order valence-electron chi connectivity index (χ0n) is 18.0. The van der Waals surface area contributed by atoms with Crippen LogP contribution in [0, 0.1) is 19.8 Å². The zero-order valence-corrected chi connectivity index (χ0v) is 18.8. The molecule has 8 nitrogen and oxygen atoms in total. The van der Waals surface area contributed by atoms with Gasteiger partial charge in [0.1, 0.15) is 5.75 Å². The highest BCUT2D eigenvalue weighted by atomic mass is 32.2. The number of benzene rings is 2. The smallest absolute Gasteiger partial charge is 0.264 e. The summed E-state index contributed by atoms with van der Waals surface area (Å²) in [5.41, 5.74) is 2.98. The number of nitrogens with zero attached hydrogens (tertiary/aromatic N) is 2. The van der Waals surface area contributed by atoms with Crippen molar-refractivity contribution in [3.8, 4) is 5.75 Å². The van der Waals surface area contributed by atoms with Crippen LogP contribution < -0.4 is 14.8 Å². The summed E-state index contributed by atoms with van der Waals surface area (Å²) < 4.78 is 32.8. The van der Waals surface area contributed by atoms with Crippen molar-refractivity contribution < 1.29 is 17.9 Å². The van der Waals surface area contributed by atoms with Gasteiger partial charge in [-0.2, -0.15) is 0 Å². The third kappa shape index (κ3) is 4.88.